The normalized spacial score (nSPS) is 14.0. The van der Waals surface area contributed by atoms with Crippen molar-refractivity contribution >= 4 is 27.6 Å². The average Bonchev–Trinajstić information content (AvgIpc) is 2.31. The van der Waals surface area contributed by atoms with Gasteiger partial charge >= 0.3 is 5.97 Å². The van der Waals surface area contributed by atoms with E-state index in [0.29, 0.717) is 6.42 Å². The van der Waals surface area contributed by atoms with E-state index in [1.165, 1.54) is 7.11 Å². The van der Waals surface area contributed by atoms with Crippen molar-refractivity contribution in [3.63, 3.8) is 0 Å². The molecule has 0 aromatic heterocycles. The Morgan fingerprint density at radius 2 is 2.00 bits per heavy atom. The monoisotopic (exact) mass is 285 g/mol. The van der Waals surface area contributed by atoms with Gasteiger partial charge in [0.2, 0.25) is 0 Å². The molecule has 1 aromatic carbocycles. The number of anilines is 1. The second-order valence-electron chi connectivity index (χ2n) is 3.81. The van der Waals surface area contributed by atoms with Crippen molar-refractivity contribution in [3.8, 4) is 0 Å². The molecule has 88 valence electrons. The Bertz CT molecular complexity index is 364. The topological polar surface area (TPSA) is 38.3 Å². The largest absolute Gasteiger partial charge is 0.467 e. The van der Waals surface area contributed by atoms with Crippen LogP contribution in [0.3, 0.4) is 0 Å². The van der Waals surface area contributed by atoms with Crippen molar-refractivity contribution in [2.75, 3.05) is 12.4 Å². The molecule has 0 amide bonds. The first-order valence-corrected chi connectivity index (χ1v) is 5.93. The number of carbonyl (C=O) groups is 1. The van der Waals surface area contributed by atoms with Crippen LogP contribution >= 0.6 is 15.9 Å². The van der Waals surface area contributed by atoms with Crippen LogP contribution in [0, 0.1) is 0 Å². The van der Waals surface area contributed by atoms with Crippen LogP contribution in [0.1, 0.15) is 20.3 Å². The number of benzene rings is 1. The summed E-state index contributed by atoms with van der Waals surface area (Å²) in [5.41, 5.74) is 0.223. The molecule has 0 spiro atoms. The lowest BCUT2D eigenvalue weighted by Gasteiger charge is -2.27. The molecule has 1 rings (SSSR count). The molecule has 3 nitrogen and oxygen atoms in total. The second-order valence-corrected chi connectivity index (χ2v) is 4.72. The van der Waals surface area contributed by atoms with Crippen molar-refractivity contribution < 1.29 is 9.53 Å². The highest BCUT2D eigenvalue weighted by Crippen LogP contribution is 2.21. The Balaban J connectivity index is 2.84. The fourth-order valence-electron chi connectivity index (χ4n) is 1.36. The van der Waals surface area contributed by atoms with Gasteiger partial charge in [-0.25, -0.2) is 4.79 Å². The summed E-state index contributed by atoms with van der Waals surface area (Å²) in [5.74, 6) is -0.252. The van der Waals surface area contributed by atoms with Gasteiger partial charge < -0.3 is 10.1 Å². The Morgan fingerprint density at radius 3 is 2.44 bits per heavy atom. The van der Waals surface area contributed by atoms with E-state index in [1.54, 1.807) is 0 Å². The molecular formula is C12H16BrNO2. The second kappa shape index (κ2) is 5.34. The molecule has 16 heavy (non-hydrogen) atoms. The highest BCUT2D eigenvalue weighted by molar-refractivity contribution is 9.10. The molecule has 0 bridgehead atoms. The van der Waals surface area contributed by atoms with Gasteiger partial charge in [0.15, 0.2) is 0 Å². The summed E-state index contributed by atoms with van der Waals surface area (Å²) in [7, 11) is 1.40. The third-order valence-electron chi connectivity index (χ3n) is 2.61. The van der Waals surface area contributed by atoms with Crippen molar-refractivity contribution in [1.82, 2.24) is 0 Å². The van der Waals surface area contributed by atoms with E-state index in [1.807, 2.05) is 38.1 Å². The molecule has 1 aromatic rings. The summed E-state index contributed by atoms with van der Waals surface area (Å²) >= 11 is 3.37. The number of ether oxygens (including phenoxy) is 1. The number of methoxy groups -OCH3 is 1. The maximum atomic E-state index is 11.6. The number of esters is 1. The number of rotatable bonds is 4. The zero-order chi connectivity index (χ0) is 12.2. The third-order valence-corrected chi connectivity index (χ3v) is 3.14. The third kappa shape index (κ3) is 2.98. The molecule has 1 atom stereocenters. The van der Waals surface area contributed by atoms with Gasteiger partial charge in [0.05, 0.1) is 7.11 Å². The first-order valence-electron chi connectivity index (χ1n) is 5.14. The Morgan fingerprint density at radius 1 is 1.44 bits per heavy atom. The van der Waals surface area contributed by atoms with Crippen LogP contribution < -0.4 is 5.32 Å². The Kier molecular flexibility index (Phi) is 4.35. The molecule has 0 fully saturated rings. The van der Waals surface area contributed by atoms with Crippen LogP contribution in [-0.4, -0.2) is 18.6 Å². The lowest BCUT2D eigenvalue weighted by Crippen LogP contribution is -2.43. The number of hydrogen-bond donors (Lipinski definition) is 1. The van der Waals surface area contributed by atoms with Crippen LogP contribution in [0.2, 0.25) is 0 Å². The Labute approximate surface area is 104 Å². The van der Waals surface area contributed by atoms with Crippen LogP contribution in [0.5, 0.6) is 0 Å². The molecule has 0 radical (unpaired) electrons. The fraction of sp³-hybridized carbons (Fsp3) is 0.417. The summed E-state index contributed by atoms with van der Waals surface area (Å²) in [6.45, 7) is 3.78. The molecule has 1 unspecified atom stereocenters. The summed E-state index contributed by atoms with van der Waals surface area (Å²) < 4.78 is 5.80. The molecule has 0 aliphatic heterocycles. The minimum atomic E-state index is -0.678. The van der Waals surface area contributed by atoms with E-state index in [9.17, 15) is 4.79 Å². The lowest BCUT2D eigenvalue weighted by molar-refractivity contribution is -0.145. The van der Waals surface area contributed by atoms with Crippen LogP contribution in [0.25, 0.3) is 0 Å². The lowest BCUT2D eigenvalue weighted by atomic mass is 9.98. The van der Waals surface area contributed by atoms with Gasteiger partial charge in [-0.2, -0.15) is 0 Å². The highest BCUT2D eigenvalue weighted by atomic mass is 79.9. The van der Waals surface area contributed by atoms with Crippen molar-refractivity contribution in [2.24, 2.45) is 0 Å². The molecule has 1 N–H and O–H groups in total. The quantitative estimate of drug-likeness (QED) is 0.864. The van der Waals surface area contributed by atoms with Crippen molar-refractivity contribution in [3.05, 3.63) is 28.7 Å². The van der Waals surface area contributed by atoms with Gasteiger partial charge in [-0.05, 0) is 37.6 Å². The SMILES string of the molecule is CCC(C)(Nc1ccc(Br)cc1)C(=O)OC. The van der Waals surface area contributed by atoms with Gasteiger partial charge in [0.1, 0.15) is 5.54 Å². The molecule has 0 aliphatic rings. The molecule has 0 heterocycles. The van der Waals surface area contributed by atoms with E-state index in [4.69, 9.17) is 4.74 Å². The average molecular weight is 286 g/mol. The molecular weight excluding hydrogens is 270 g/mol. The predicted octanol–water partition coefficient (Wildman–Crippen LogP) is 3.20. The van der Waals surface area contributed by atoms with Gasteiger partial charge in [-0.1, -0.05) is 22.9 Å². The van der Waals surface area contributed by atoms with Gasteiger partial charge in [-0.3, -0.25) is 0 Å². The molecule has 0 saturated heterocycles. The van der Waals surface area contributed by atoms with Crippen LogP contribution in [-0.2, 0) is 9.53 Å². The van der Waals surface area contributed by atoms with Gasteiger partial charge in [0, 0.05) is 10.2 Å². The number of halogens is 1. The van der Waals surface area contributed by atoms with E-state index in [2.05, 4.69) is 21.2 Å². The molecule has 4 heteroatoms. The zero-order valence-electron chi connectivity index (χ0n) is 9.71. The summed E-state index contributed by atoms with van der Waals surface area (Å²) in [6, 6.07) is 7.69. The van der Waals surface area contributed by atoms with E-state index < -0.39 is 5.54 Å². The summed E-state index contributed by atoms with van der Waals surface area (Å²) in [6.07, 6.45) is 0.662. The van der Waals surface area contributed by atoms with Gasteiger partial charge in [-0.15, -0.1) is 0 Å². The summed E-state index contributed by atoms with van der Waals surface area (Å²) in [4.78, 5) is 11.6. The predicted molar refractivity (Wildman–Crippen MR) is 68.5 cm³/mol. The van der Waals surface area contributed by atoms with Crippen LogP contribution in [0.15, 0.2) is 28.7 Å². The fourth-order valence-corrected chi connectivity index (χ4v) is 1.63. The van der Waals surface area contributed by atoms with Crippen LogP contribution in [0.4, 0.5) is 5.69 Å². The minimum absolute atomic E-state index is 0.252. The first kappa shape index (κ1) is 13.0. The van der Waals surface area contributed by atoms with Gasteiger partial charge in [0.25, 0.3) is 0 Å². The van der Waals surface area contributed by atoms with Crippen molar-refractivity contribution in [2.45, 2.75) is 25.8 Å². The maximum absolute atomic E-state index is 11.6. The number of nitrogens with one attached hydrogen (secondary N) is 1. The maximum Gasteiger partial charge on any atom is 0.331 e. The number of hydrogen-bond acceptors (Lipinski definition) is 3. The van der Waals surface area contributed by atoms with E-state index in [-0.39, 0.29) is 5.97 Å². The molecule has 0 saturated carbocycles. The standard InChI is InChI=1S/C12H16BrNO2/c1-4-12(2,11(15)16-3)14-10-7-5-9(13)6-8-10/h5-8,14H,4H2,1-3H3. The van der Waals surface area contributed by atoms with Crippen molar-refractivity contribution in [1.29, 1.82) is 0 Å². The zero-order valence-corrected chi connectivity index (χ0v) is 11.3. The summed E-state index contributed by atoms with van der Waals surface area (Å²) in [5, 5.41) is 3.19. The first-order chi connectivity index (χ1) is 7.51. The molecule has 0 aliphatic carbocycles. The van der Waals surface area contributed by atoms with E-state index >= 15 is 0 Å². The van der Waals surface area contributed by atoms with E-state index in [0.717, 1.165) is 10.2 Å². The number of carbonyl (C=O) groups excluding carboxylic acids is 1. The highest BCUT2D eigenvalue weighted by Gasteiger charge is 2.32. The smallest absolute Gasteiger partial charge is 0.331 e. The Hall–Kier alpha value is -1.03. The minimum Gasteiger partial charge on any atom is -0.467 e.